The molecule has 100 valence electrons. The van der Waals surface area contributed by atoms with Gasteiger partial charge in [-0.15, -0.1) is 0 Å². The fourth-order valence-corrected chi connectivity index (χ4v) is 3.84. The lowest BCUT2D eigenvalue weighted by molar-refractivity contribution is 0.216. The van der Waals surface area contributed by atoms with Crippen LogP contribution in [-0.4, -0.2) is 42.5 Å². The summed E-state index contributed by atoms with van der Waals surface area (Å²) in [7, 11) is -2.90. The van der Waals surface area contributed by atoms with Crippen LogP contribution in [0.15, 0.2) is 18.2 Å². The van der Waals surface area contributed by atoms with Crippen molar-refractivity contribution in [2.75, 3.05) is 23.8 Å². The number of aromatic hydroxyl groups is 1. The molecule has 0 saturated carbocycles. The Balaban J connectivity index is 2.12. The van der Waals surface area contributed by atoms with Crippen LogP contribution in [0.4, 0.5) is 5.69 Å². The van der Waals surface area contributed by atoms with Gasteiger partial charge in [0, 0.05) is 30.4 Å². The lowest BCUT2D eigenvalue weighted by atomic mass is 10.1. The number of anilines is 1. The molecular formula is C12H18N2O3S. The van der Waals surface area contributed by atoms with Crippen LogP contribution in [0.1, 0.15) is 12.5 Å². The van der Waals surface area contributed by atoms with Gasteiger partial charge in [-0.3, -0.25) is 4.90 Å². The van der Waals surface area contributed by atoms with Crippen molar-refractivity contribution < 1.29 is 13.5 Å². The summed E-state index contributed by atoms with van der Waals surface area (Å²) in [4.78, 5) is 2.05. The average molecular weight is 270 g/mol. The van der Waals surface area contributed by atoms with E-state index in [2.05, 4.69) is 4.90 Å². The highest BCUT2D eigenvalue weighted by atomic mass is 32.2. The molecule has 5 nitrogen and oxygen atoms in total. The maximum atomic E-state index is 11.5. The summed E-state index contributed by atoms with van der Waals surface area (Å²) in [6.45, 7) is 2.91. The van der Waals surface area contributed by atoms with E-state index in [1.165, 1.54) is 0 Å². The first-order valence-corrected chi connectivity index (χ1v) is 7.71. The highest BCUT2D eigenvalue weighted by molar-refractivity contribution is 7.91. The van der Waals surface area contributed by atoms with Crippen LogP contribution in [0.25, 0.3) is 0 Å². The highest BCUT2D eigenvalue weighted by Crippen LogP contribution is 2.23. The quantitative estimate of drug-likeness (QED) is 0.607. The molecule has 1 atom stereocenters. The van der Waals surface area contributed by atoms with Crippen molar-refractivity contribution >= 4 is 15.5 Å². The van der Waals surface area contributed by atoms with Gasteiger partial charge in [0.05, 0.1) is 11.5 Å². The molecule has 0 amide bonds. The zero-order valence-electron chi connectivity index (χ0n) is 10.3. The van der Waals surface area contributed by atoms with Crippen LogP contribution in [0.2, 0.25) is 0 Å². The van der Waals surface area contributed by atoms with Crippen LogP contribution in [0, 0.1) is 0 Å². The average Bonchev–Trinajstić information content (AvgIpc) is 2.26. The van der Waals surface area contributed by atoms with Gasteiger partial charge < -0.3 is 10.8 Å². The predicted octanol–water partition coefficient (Wildman–Crippen LogP) is 0.593. The lowest BCUT2D eigenvalue weighted by Crippen LogP contribution is -2.46. The number of rotatable bonds is 2. The normalized spacial score (nSPS) is 23.9. The third kappa shape index (κ3) is 2.94. The Morgan fingerprint density at radius 3 is 2.89 bits per heavy atom. The number of nitrogens with zero attached hydrogens (tertiary/aromatic N) is 1. The summed E-state index contributed by atoms with van der Waals surface area (Å²) in [5, 5.41) is 9.75. The molecular weight excluding hydrogens is 252 g/mol. The number of hydrogen-bond donors (Lipinski definition) is 2. The minimum absolute atomic E-state index is 0.0374. The van der Waals surface area contributed by atoms with E-state index in [4.69, 9.17) is 5.73 Å². The molecule has 1 aromatic carbocycles. The summed E-state index contributed by atoms with van der Waals surface area (Å²) >= 11 is 0. The lowest BCUT2D eigenvalue weighted by Gasteiger charge is -2.33. The summed E-state index contributed by atoms with van der Waals surface area (Å²) < 4.78 is 23.0. The van der Waals surface area contributed by atoms with Gasteiger partial charge in [-0.05, 0) is 25.1 Å². The molecule has 1 saturated heterocycles. The van der Waals surface area contributed by atoms with Crippen molar-refractivity contribution in [2.24, 2.45) is 0 Å². The minimum Gasteiger partial charge on any atom is -0.508 e. The van der Waals surface area contributed by atoms with Gasteiger partial charge in [-0.1, -0.05) is 0 Å². The highest BCUT2D eigenvalue weighted by Gasteiger charge is 2.28. The second-order valence-electron chi connectivity index (χ2n) is 4.82. The Morgan fingerprint density at radius 2 is 2.22 bits per heavy atom. The second-order valence-corrected chi connectivity index (χ2v) is 7.05. The van der Waals surface area contributed by atoms with E-state index in [9.17, 15) is 13.5 Å². The number of nitrogens with two attached hydrogens (primary N) is 1. The predicted molar refractivity (Wildman–Crippen MR) is 71.0 cm³/mol. The van der Waals surface area contributed by atoms with Crippen molar-refractivity contribution in [3.63, 3.8) is 0 Å². The summed E-state index contributed by atoms with van der Waals surface area (Å²) in [6, 6.07) is 4.90. The van der Waals surface area contributed by atoms with Crippen molar-refractivity contribution in [3.8, 4) is 5.75 Å². The van der Waals surface area contributed by atoms with Crippen molar-refractivity contribution in [2.45, 2.75) is 19.5 Å². The third-order valence-corrected chi connectivity index (χ3v) is 5.08. The van der Waals surface area contributed by atoms with Crippen LogP contribution in [-0.2, 0) is 16.4 Å². The first-order chi connectivity index (χ1) is 8.37. The van der Waals surface area contributed by atoms with Crippen molar-refractivity contribution in [1.82, 2.24) is 4.90 Å². The molecule has 6 heteroatoms. The largest absolute Gasteiger partial charge is 0.508 e. The molecule has 1 aliphatic rings. The molecule has 1 unspecified atom stereocenters. The smallest absolute Gasteiger partial charge is 0.153 e. The SMILES string of the molecule is CC1CS(=O)(=O)CCN1Cc1cc(N)ccc1O. The van der Waals surface area contributed by atoms with Gasteiger partial charge in [0.25, 0.3) is 0 Å². The molecule has 1 heterocycles. The van der Waals surface area contributed by atoms with Gasteiger partial charge in [0.2, 0.25) is 0 Å². The van der Waals surface area contributed by atoms with Gasteiger partial charge in [0.1, 0.15) is 5.75 Å². The molecule has 2 rings (SSSR count). The first kappa shape index (κ1) is 13.2. The van der Waals surface area contributed by atoms with E-state index in [1.54, 1.807) is 18.2 Å². The Labute approximate surface area is 107 Å². The number of phenolic OH excluding ortho intramolecular Hbond substituents is 1. The zero-order chi connectivity index (χ0) is 13.3. The van der Waals surface area contributed by atoms with E-state index in [0.717, 1.165) is 5.56 Å². The number of sulfone groups is 1. The van der Waals surface area contributed by atoms with Crippen molar-refractivity contribution in [1.29, 1.82) is 0 Å². The Kier molecular flexibility index (Phi) is 3.49. The van der Waals surface area contributed by atoms with E-state index >= 15 is 0 Å². The maximum Gasteiger partial charge on any atom is 0.153 e. The monoisotopic (exact) mass is 270 g/mol. The number of phenols is 1. The molecule has 1 aliphatic heterocycles. The number of nitrogen functional groups attached to an aromatic ring is 1. The fourth-order valence-electron chi connectivity index (χ4n) is 2.22. The van der Waals surface area contributed by atoms with Crippen LogP contribution in [0.3, 0.4) is 0 Å². The standard InChI is InChI=1S/C12H18N2O3S/c1-9-8-18(16,17)5-4-14(9)7-10-6-11(13)2-3-12(10)15/h2-3,6,9,15H,4-5,7-8,13H2,1H3. The molecule has 1 aromatic rings. The fraction of sp³-hybridized carbons (Fsp3) is 0.500. The van der Waals surface area contributed by atoms with E-state index < -0.39 is 9.84 Å². The van der Waals surface area contributed by atoms with Crippen LogP contribution < -0.4 is 5.73 Å². The molecule has 18 heavy (non-hydrogen) atoms. The molecule has 1 fully saturated rings. The molecule has 0 aliphatic carbocycles. The first-order valence-electron chi connectivity index (χ1n) is 5.89. The van der Waals surface area contributed by atoms with Gasteiger partial charge in [-0.2, -0.15) is 0 Å². The Bertz CT molecular complexity index is 542. The van der Waals surface area contributed by atoms with E-state index in [1.807, 2.05) is 6.92 Å². The van der Waals surface area contributed by atoms with Gasteiger partial charge in [-0.25, -0.2) is 8.42 Å². The Morgan fingerprint density at radius 1 is 1.50 bits per heavy atom. The molecule has 0 bridgehead atoms. The van der Waals surface area contributed by atoms with Gasteiger partial charge in [0.15, 0.2) is 9.84 Å². The van der Waals surface area contributed by atoms with Crippen molar-refractivity contribution in [3.05, 3.63) is 23.8 Å². The molecule has 0 radical (unpaired) electrons. The van der Waals surface area contributed by atoms with E-state index in [-0.39, 0.29) is 23.3 Å². The summed E-state index contributed by atoms with van der Waals surface area (Å²) in [5.41, 5.74) is 7.02. The number of hydrogen-bond acceptors (Lipinski definition) is 5. The zero-order valence-corrected chi connectivity index (χ0v) is 11.2. The second kappa shape index (κ2) is 4.78. The minimum atomic E-state index is -2.90. The van der Waals surface area contributed by atoms with E-state index in [0.29, 0.717) is 18.8 Å². The number of benzene rings is 1. The van der Waals surface area contributed by atoms with Crippen LogP contribution in [0.5, 0.6) is 5.75 Å². The topological polar surface area (TPSA) is 83.6 Å². The summed E-state index contributed by atoms with van der Waals surface area (Å²) in [5.74, 6) is 0.557. The van der Waals surface area contributed by atoms with Gasteiger partial charge >= 0.3 is 0 Å². The molecule has 3 N–H and O–H groups in total. The molecule has 0 spiro atoms. The van der Waals surface area contributed by atoms with Crippen LogP contribution >= 0.6 is 0 Å². The maximum absolute atomic E-state index is 11.5. The summed E-state index contributed by atoms with van der Waals surface area (Å²) in [6.07, 6.45) is 0. The third-order valence-electron chi connectivity index (χ3n) is 3.28. The molecule has 0 aromatic heterocycles. The Hall–Kier alpha value is -1.27.